The quantitative estimate of drug-likeness (QED) is 0.354. The second kappa shape index (κ2) is 12.4. The van der Waals surface area contributed by atoms with Gasteiger partial charge in [0.1, 0.15) is 0 Å². The largest absolute Gasteiger partial charge is 0.379 e. The fourth-order valence-electron chi connectivity index (χ4n) is 5.10. The smallest absolute Gasteiger partial charge is 0.243 e. The summed E-state index contributed by atoms with van der Waals surface area (Å²) in [4.78, 5) is 23.1. The number of sulfonamides is 1. The summed E-state index contributed by atoms with van der Waals surface area (Å²) < 4.78 is 34.1. The minimum atomic E-state index is -3.64. The van der Waals surface area contributed by atoms with Crippen LogP contribution in [0.1, 0.15) is 24.8 Å². The van der Waals surface area contributed by atoms with Gasteiger partial charge in [-0.25, -0.2) is 13.4 Å². The van der Waals surface area contributed by atoms with Crippen molar-refractivity contribution in [2.75, 3.05) is 57.4 Å². The van der Waals surface area contributed by atoms with Gasteiger partial charge in [0.15, 0.2) is 5.13 Å². The summed E-state index contributed by atoms with van der Waals surface area (Å²) in [5.41, 5.74) is 1.83. The van der Waals surface area contributed by atoms with E-state index in [1.165, 1.54) is 27.8 Å². The molecular weight excluding hydrogens is 579 g/mol. The predicted molar refractivity (Wildman–Crippen MR) is 157 cm³/mol. The van der Waals surface area contributed by atoms with Crippen molar-refractivity contribution in [3.8, 4) is 0 Å². The summed E-state index contributed by atoms with van der Waals surface area (Å²) in [6.07, 6.45) is 1.71. The van der Waals surface area contributed by atoms with Crippen LogP contribution >= 0.6 is 34.5 Å². The van der Waals surface area contributed by atoms with Crippen LogP contribution in [0.25, 0.3) is 10.2 Å². The van der Waals surface area contributed by atoms with Gasteiger partial charge in [0, 0.05) is 50.2 Å². The number of hydrogen-bond donors (Lipinski definition) is 0. The highest BCUT2D eigenvalue weighted by Crippen LogP contribution is 2.37. The van der Waals surface area contributed by atoms with Crippen molar-refractivity contribution >= 4 is 65.8 Å². The molecule has 12 heteroatoms. The van der Waals surface area contributed by atoms with Crippen molar-refractivity contribution < 1.29 is 17.9 Å². The number of halogens is 2. The van der Waals surface area contributed by atoms with E-state index < -0.39 is 10.0 Å². The predicted octanol–water partition coefficient (Wildman–Crippen LogP) is 5.07. The molecule has 3 aromatic rings. The zero-order valence-electron chi connectivity index (χ0n) is 21.8. The number of thiazole rings is 1. The lowest BCUT2D eigenvalue weighted by Crippen LogP contribution is -2.45. The first-order valence-corrected chi connectivity index (χ1v) is 16.2. The zero-order chi connectivity index (χ0) is 27.6. The van der Waals surface area contributed by atoms with Crippen molar-refractivity contribution in [1.29, 1.82) is 0 Å². The monoisotopic (exact) mass is 610 g/mol. The number of rotatable bonds is 8. The Kier molecular flexibility index (Phi) is 9.12. The summed E-state index contributed by atoms with van der Waals surface area (Å²) in [5.74, 6) is -0.290. The topological polar surface area (TPSA) is 83.0 Å². The molecule has 0 N–H and O–H groups in total. The highest BCUT2D eigenvalue weighted by Gasteiger charge is 2.35. The minimum absolute atomic E-state index is 0.00616. The average molecular weight is 612 g/mol. The molecule has 0 bridgehead atoms. The number of carbonyl (C=O) groups is 1. The van der Waals surface area contributed by atoms with E-state index in [1.807, 2.05) is 19.1 Å². The number of morpholine rings is 1. The van der Waals surface area contributed by atoms with Crippen molar-refractivity contribution in [1.82, 2.24) is 14.2 Å². The summed E-state index contributed by atoms with van der Waals surface area (Å²) in [6.45, 7) is 7.22. The molecule has 39 heavy (non-hydrogen) atoms. The number of carbonyl (C=O) groups excluding carboxylic acids is 1. The summed E-state index contributed by atoms with van der Waals surface area (Å²) in [5, 5.41) is 1.75. The van der Waals surface area contributed by atoms with E-state index in [4.69, 9.17) is 32.9 Å². The summed E-state index contributed by atoms with van der Waals surface area (Å²) in [7, 11) is -3.64. The molecule has 210 valence electrons. The van der Waals surface area contributed by atoms with Crippen LogP contribution in [0.5, 0.6) is 0 Å². The lowest BCUT2D eigenvalue weighted by atomic mass is 9.96. The molecule has 5 rings (SSSR count). The van der Waals surface area contributed by atoms with Crippen molar-refractivity contribution in [2.24, 2.45) is 5.92 Å². The van der Waals surface area contributed by atoms with Gasteiger partial charge in [-0.3, -0.25) is 14.6 Å². The van der Waals surface area contributed by atoms with E-state index in [-0.39, 0.29) is 29.8 Å². The average Bonchev–Trinajstić information content (AvgIpc) is 3.40. The molecule has 0 saturated carbocycles. The van der Waals surface area contributed by atoms with Gasteiger partial charge in [0.25, 0.3) is 0 Å². The molecule has 0 unspecified atom stereocenters. The molecule has 0 atom stereocenters. The molecule has 2 saturated heterocycles. The molecule has 3 heterocycles. The number of hydrogen-bond acceptors (Lipinski definition) is 7. The van der Waals surface area contributed by atoms with Gasteiger partial charge in [-0.15, -0.1) is 0 Å². The molecule has 1 amide bonds. The van der Waals surface area contributed by atoms with Crippen LogP contribution in [-0.2, 0) is 19.6 Å². The van der Waals surface area contributed by atoms with Crippen LogP contribution in [0.3, 0.4) is 0 Å². The number of nitrogens with zero attached hydrogens (tertiary/aromatic N) is 4. The number of ether oxygens (including phenoxy) is 1. The molecule has 2 aliphatic heterocycles. The Morgan fingerprint density at radius 3 is 2.44 bits per heavy atom. The third-order valence-corrected chi connectivity index (χ3v) is 11.1. The summed E-state index contributed by atoms with van der Waals surface area (Å²) in [6, 6.07) is 9.99. The van der Waals surface area contributed by atoms with E-state index in [9.17, 15) is 13.2 Å². The maximum Gasteiger partial charge on any atom is 0.243 e. The number of anilines is 1. The lowest BCUT2D eigenvalue weighted by Gasteiger charge is -2.33. The Morgan fingerprint density at radius 2 is 1.77 bits per heavy atom. The highest BCUT2D eigenvalue weighted by atomic mass is 35.5. The Hall–Kier alpha value is -1.79. The van der Waals surface area contributed by atoms with Crippen LogP contribution in [0.2, 0.25) is 10.0 Å². The van der Waals surface area contributed by atoms with E-state index in [0.29, 0.717) is 34.6 Å². The van der Waals surface area contributed by atoms with Gasteiger partial charge < -0.3 is 4.74 Å². The first-order valence-electron chi connectivity index (χ1n) is 13.2. The Balaban J connectivity index is 1.32. The van der Waals surface area contributed by atoms with Gasteiger partial charge >= 0.3 is 0 Å². The third-order valence-electron chi connectivity index (χ3n) is 7.40. The molecule has 1 aromatic heterocycles. The Bertz CT molecular complexity index is 1380. The Morgan fingerprint density at radius 1 is 1.08 bits per heavy atom. The molecule has 2 fully saturated rings. The molecule has 0 radical (unpaired) electrons. The van der Waals surface area contributed by atoms with Crippen LogP contribution in [0.4, 0.5) is 5.13 Å². The molecule has 0 aliphatic carbocycles. The first kappa shape index (κ1) is 28.7. The number of benzene rings is 2. The van der Waals surface area contributed by atoms with E-state index in [1.54, 1.807) is 17.0 Å². The highest BCUT2D eigenvalue weighted by molar-refractivity contribution is 7.89. The van der Waals surface area contributed by atoms with Crippen molar-refractivity contribution in [2.45, 2.75) is 31.1 Å². The van der Waals surface area contributed by atoms with E-state index >= 15 is 0 Å². The first-order chi connectivity index (χ1) is 18.7. The van der Waals surface area contributed by atoms with Crippen LogP contribution in [-0.4, -0.2) is 81.0 Å². The van der Waals surface area contributed by atoms with Gasteiger partial charge in [0.05, 0.1) is 33.3 Å². The number of amides is 1. The third kappa shape index (κ3) is 6.43. The number of aryl methyl sites for hydroxylation is 1. The SMILES string of the molecule is Cc1ccc(Cl)c2sc(N(CCCN3CCOCC3)C(=O)C3CCN(S(=O)(=O)c4ccc(Cl)cc4)CC3)nc12. The molecule has 0 spiro atoms. The van der Waals surface area contributed by atoms with Gasteiger partial charge in [-0.1, -0.05) is 40.6 Å². The number of fused-ring (bicyclic) bond motifs is 1. The molecular formula is C27H32Cl2N4O4S2. The van der Waals surface area contributed by atoms with Crippen molar-refractivity contribution in [3.63, 3.8) is 0 Å². The minimum Gasteiger partial charge on any atom is -0.379 e. The molecule has 2 aromatic carbocycles. The maximum atomic E-state index is 13.9. The molecule has 8 nitrogen and oxygen atoms in total. The fourth-order valence-corrected chi connectivity index (χ4v) is 8.05. The van der Waals surface area contributed by atoms with Crippen LogP contribution < -0.4 is 4.90 Å². The normalized spacial score (nSPS) is 18.0. The van der Waals surface area contributed by atoms with Gasteiger partial charge in [0.2, 0.25) is 15.9 Å². The Labute approximate surface area is 243 Å². The van der Waals surface area contributed by atoms with Crippen LogP contribution in [0, 0.1) is 12.8 Å². The molecule has 2 aliphatic rings. The van der Waals surface area contributed by atoms with E-state index in [2.05, 4.69) is 4.90 Å². The van der Waals surface area contributed by atoms with Crippen LogP contribution in [0.15, 0.2) is 41.3 Å². The second-order valence-corrected chi connectivity index (χ2v) is 13.7. The standard InChI is InChI=1S/C27H32Cl2N4O4S2/c1-19-3-8-23(29)25-24(19)30-27(38-25)33(12-2-11-31-15-17-37-18-16-31)26(34)20-9-13-32(14-10-20)39(35,36)22-6-4-21(28)5-7-22/h3-8,20H,2,9-18H2,1H3. The number of aromatic nitrogens is 1. The number of piperidine rings is 1. The van der Waals surface area contributed by atoms with Crippen molar-refractivity contribution in [3.05, 3.63) is 52.0 Å². The zero-order valence-corrected chi connectivity index (χ0v) is 25.0. The lowest BCUT2D eigenvalue weighted by molar-refractivity contribution is -0.123. The van der Waals surface area contributed by atoms with Gasteiger partial charge in [-0.2, -0.15) is 4.31 Å². The van der Waals surface area contributed by atoms with Gasteiger partial charge in [-0.05, 0) is 62.1 Å². The fraction of sp³-hybridized carbons (Fsp3) is 0.481. The summed E-state index contributed by atoms with van der Waals surface area (Å²) >= 11 is 13.9. The second-order valence-electron chi connectivity index (χ2n) is 9.97. The van der Waals surface area contributed by atoms with E-state index in [0.717, 1.165) is 55.0 Å². The maximum absolute atomic E-state index is 13.9.